The second kappa shape index (κ2) is 6.29. The maximum Gasteiger partial charge on any atom is 0.310 e. The summed E-state index contributed by atoms with van der Waals surface area (Å²) in [5, 5.41) is 13.8. The van der Waals surface area contributed by atoms with Gasteiger partial charge in [-0.25, -0.2) is 4.98 Å². The molecule has 0 bridgehead atoms. The first-order chi connectivity index (χ1) is 8.08. The highest BCUT2D eigenvalue weighted by Crippen LogP contribution is 2.22. The van der Waals surface area contributed by atoms with Crippen molar-refractivity contribution in [2.45, 2.75) is 19.4 Å². The summed E-state index contributed by atoms with van der Waals surface area (Å²) in [5.74, 6) is 1.53. The summed E-state index contributed by atoms with van der Waals surface area (Å²) in [6.45, 7) is 2.07. The molecule has 0 aromatic carbocycles. The molecule has 3 N–H and O–H groups in total. The summed E-state index contributed by atoms with van der Waals surface area (Å²) in [5.41, 5.74) is 5.56. The molecule has 1 rings (SSSR count). The van der Waals surface area contributed by atoms with Crippen LogP contribution in [0.25, 0.3) is 0 Å². The molecule has 1 aromatic heterocycles. The van der Waals surface area contributed by atoms with Gasteiger partial charge in [0.2, 0.25) is 0 Å². The third-order valence-electron chi connectivity index (χ3n) is 2.32. The van der Waals surface area contributed by atoms with E-state index in [1.165, 1.54) is 12.3 Å². The summed E-state index contributed by atoms with van der Waals surface area (Å²) >= 11 is 1.74. The molecule has 1 atom stereocenters. The molecule has 0 saturated carbocycles. The zero-order valence-corrected chi connectivity index (χ0v) is 10.7. The lowest BCUT2D eigenvalue weighted by Crippen LogP contribution is -2.21. The zero-order valence-electron chi connectivity index (χ0n) is 9.84. The monoisotopic (exact) mass is 256 g/mol. The van der Waals surface area contributed by atoms with E-state index in [2.05, 4.69) is 17.2 Å². The van der Waals surface area contributed by atoms with Gasteiger partial charge in [-0.1, -0.05) is 6.92 Å². The molecule has 6 nitrogen and oxygen atoms in total. The van der Waals surface area contributed by atoms with Crippen molar-refractivity contribution in [2.75, 3.05) is 23.1 Å². The van der Waals surface area contributed by atoms with Crippen LogP contribution in [0.3, 0.4) is 0 Å². The Morgan fingerprint density at radius 2 is 2.41 bits per heavy atom. The summed E-state index contributed by atoms with van der Waals surface area (Å²) in [7, 11) is 0. The molecule has 7 heteroatoms. The molecule has 1 unspecified atom stereocenters. The van der Waals surface area contributed by atoms with Crippen LogP contribution < -0.4 is 11.1 Å². The van der Waals surface area contributed by atoms with E-state index in [1.807, 2.05) is 6.26 Å². The van der Waals surface area contributed by atoms with E-state index in [9.17, 15) is 10.1 Å². The van der Waals surface area contributed by atoms with E-state index in [0.717, 1.165) is 12.2 Å². The highest BCUT2D eigenvalue weighted by Gasteiger charge is 2.13. The van der Waals surface area contributed by atoms with Crippen molar-refractivity contribution in [3.8, 4) is 0 Å². The maximum atomic E-state index is 10.6. The molecule has 0 spiro atoms. The SMILES string of the molecule is CCC(CSC)Nc1cc(N)c([N+](=O)[O-])cn1. The van der Waals surface area contributed by atoms with E-state index in [0.29, 0.717) is 11.9 Å². The topological polar surface area (TPSA) is 94.1 Å². The lowest BCUT2D eigenvalue weighted by molar-refractivity contribution is -0.384. The standard InChI is InChI=1S/C10H16N4O2S/c1-3-7(6-17-2)13-10-4-8(11)9(5-12-10)14(15)16/h4-5,7H,3,6H2,1-2H3,(H3,11,12,13). The van der Waals surface area contributed by atoms with Gasteiger partial charge in [0, 0.05) is 17.9 Å². The first-order valence-corrected chi connectivity index (χ1v) is 6.63. The average Bonchev–Trinajstić information content (AvgIpc) is 2.28. The minimum Gasteiger partial charge on any atom is -0.393 e. The van der Waals surface area contributed by atoms with E-state index in [1.54, 1.807) is 11.8 Å². The lowest BCUT2D eigenvalue weighted by atomic mass is 10.2. The van der Waals surface area contributed by atoms with Crippen LogP contribution in [0.15, 0.2) is 12.3 Å². The van der Waals surface area contributed by atoms with Crippen molar-refractivity contribution >= 4 is 29.0 Å². The first kappa shape index (κ1) is 13.6. The second-order valence-electron chi connectivity index (χ2n) is 3.59. The number of thioether (sulfide) groups is 1. The summed E-state index contributed by atoms with van der Waals surface area (Å²) in [6.07, 6.45) is 4.17. The van der Waals surface area contributed by atoms with E-state index < -0.39 is 4.92 Å². The Bertz CT molecular complexity index is 400. The molecular weight excluding hydrogens is 240 g/mol. The van der Waals surface area contributed by atoms with Crippen LogP contribution >= 0.6 is 11.8 Å². The molecule has 0 fully saturated rings. The Hall–Kier alpha value is -1.50. The number of nitrogen functional groups attached to an aromatic ring is 1. The average molecular weight is 256 g/mol. The molecule has 0 radical (unpaired) electrons. The van der Waals surface area contributed by atoms with Gasteiger partial charge >= 0.3 is 5.69 Å². The van der Waals surface area contributed by atoms with Crippen molar-refractivity contribution in [1.29, 1.82) is 0 Å². The molecule has 94 valence electrons. The van der Waals surface area contributed by atoms with Crippen molar-refractivity contribution < 1.29 is 4.92 Å². The number of nitro groups is 1. The minimum absolute atomic E-state index is 0.131. The summed E-state index contributed by atoms with van der Waals surface area (Å²) < 4.78 is 0. The minimum atomic E-state index is -0.536. The van der Waals surface area contributed by atoms with Crippen LogP contribution in [0.1, 0.15) is 13.3 Å². The molecule has 0 aliphatic rings. The number of rotatable bonds is 6. The van der Waals surface area contributed by atoms with Gasteiger partial charge in [-0.05, 0) is 12.7 Å². The Balaban J connectivity index is 2.79. The van der Waals surface area contributed by atoms with Crippen LogP contribution in [0.5, 0.6) is 0 Å². The number of hydrogen-bond donors (Lipinski definition) is 2. The third kappa shape index (κ3) is 3.77. The van der Waals surface area contributed by atoms with Crippen molar-refractivity contribution in [3.05, 3.63) is 22.4 Å². The van der Waals surface area contributed by atoms with Gasteiger partial charge in [-0.2, -0.15) is 11.8 Å². The molecule has 0 aliphatic carbocycles. The number of nitrogens with zero attached hydrogens (tertiary/aromatic N) is 2. The predicted octanol–water partition coefficient (Wildman–Crippen LogP) is 2.13. The molecular formula is C10H16N4O2S. The molecule has 0 aliphatic heterocycles. The number of hydrogen-bond acceptors (Lipinski definition) is 6. The van der Waals surface area contributed by atoms with Gasteiger partial charge in [0.15, 0.2) is 0 Å². The molecule has 1 heterocycles. The Morgan fingerprint density at radius 3 is 2.88 bits per heavy atom. The number of nitrogens with two attached hydrogens (primary N) is 1. The molecule has 17 heavy (non-hydrogen) atoms. The Morgan fingerprint density at radius 1 is 1.71 bits per heavy atom. The van der Waals surface area contributed by atoms with Gasteiger partial charge in [0.05, 0.1) is 4.92 Å². The van der Waals surface area contributed by atoms with Crippen LogP contribution in [0.2, 0.25) is 0 Å². The number of nitrogens with one attached hydrogen (secondary N) is 1. The normalized spacial score (nSPS) is 12.1. The summed E-state index contributed by atoms with van der Waals surface area (Å²) in [4.78, 5) is 14.0. The smallest absolute Gasteiger partial charge is 0.310 e. The van der Waals surface area contributed by atoms with Crippen LogP contribution in [-0.2, 0) is 0 Å². The summed E-state index contributed by atoms with van der Waals surface area (Å²) in [6, 6.07) is 1.79. The Kier molecular flexibility index (Phi) is 5.02. The highest BCUT2D eigenvalue weighted by molar-refractivity contribution is 7.98. The van der Waals surface area contributed by atoms with Gasteiger partial charge in [0.1, 0.15) is 17.7 Å². The van der Waals surface area contributed by atoms with E-state index >= 15 is 0 Å². The van der Waals surface area contributed by atoms with Gasteiger partial charge in [-0.15, -0.1) is 0 Å². The fourth-order valence-electron chi connectivity index (χ4n) is 1.37. The van der Waals surface area contributed by atoms with Crippen molar-refractivity contribution in [1.82, 2.24) is 4.98 Å². The van der Waals surface area contributed by atoms with Crippen molar-refractivity contribution in [2.24, 2.45) is 0 Å². The molecule has 0 amide bonds. The van der Waals surface area contributed by atoms with Crippen LogP contribution in [0.4, 0.5) is 17.2 Å². The lowest BCUT2D eigenvalue weighted by Gasteiger charge is -2.16. The third-order valence-corrected chi connectivity index (χ3v) is 3.06. The Labute approximate surface area is 104 Å². The largest absolute Gasteiger partial charge is 0.393 e. The van der Waals surface area contributed by atoms with Gasteiger partial charge in [0.25, 0.3) is 0 Å². The van der Waals surface area contributed by atoms with Crippen LogP contribution in [0, 0.1) is 10.1 Å². The van der Waals surface area contributed by atoms with Gasteiger partial charge < -0.3 is 11.1 Å². The highest BCUT2D eigenvalue weighted by atomic mass is 32.2. The molecule has 1 aromatic rings. The number of pyridine rings is 1. The maximum absolute atomic E-state index is 10.6. The van der Waals surface area contributed by atoms with E-state index in [-0.39, 0.29) is 11.4 Å². The fourth-order valence-corrected chi connectivity index (χ4v) is 2.09. The van der Waals surface area contributed by atoms with Crippen molar-refractivity contribution in [3.63, 3.8) is 0 Å². The number of anilines is 2. The van der Waals surface area contributed by atoms with Crippen LogP contribution in [-0.4, -0.2) is 28.0 Å². The molecule has 0 saturated heterocycles. The van der Waals surface area contributed by atoms with Gasteiger partial charge in [-0.3, -0.25) is 10.1 Å². The predicted molar refractivity (Wildman–Crippen MR) is 71.4 cm³/mol. The second-order valence-corrected chi connectivity index (χ2v) is 4.50. The fraction of sp³-hybridized carbons (Fsp3) is 0.500. The van der Waals surface area contributed by atoms with E-state index in [4.69, 9.17) is 5.73 Å². The first-order valence-electron chi connectivity index (χ1n) is 5.23. The quantitative estimate of drug-likeness (QED) is 0.598. The zero-order chi connectivity index (χ0) is 12.8. The number of aromatic nitrogens is 1.